The number of aryl methyl sites for hydroxylation is 1. The Bertz CT molecular complexity index is 492. The Hall–Kier alpha value is -1.91. The van der Waals surface area contributed by atoms with Gasteiger partial charge in [0.05, 0.1) is 12.3 Å². The fourth-order valence-electron chi connectivity index (χ4n) is 2.40. The maximum absolute atomic E-state index is 11.3. The molecule has 0 aromatic heterocycles. The molecular formula is C20H33N3O2. The third-order valence-corrected chi connectivity index (χ3v) is 3.91. The van der Waals surface area contributed by atoms with Crippen LogP contribution in [-0.4, -0.2) is 30.7 Å². The first-order chi connectivity index (χ1) is 12.2. The van der Waals surface area contributed by atoms with Crippen molar-refractivity contribution in [2.24, 2.45) is 10.3 Å². The molecule has 0 aliphatic rings. The van der Waals surface area contributed by atoms with E-state index in [1.54, 1.807) is 0 Å². The number of carbonyl (C=O) groups excluding carboxylic acids is 1. The molecular weight excluding hydrogens is 314 g/mol. The molecule has 25 heavy (non-hydrogen) atoms. The molecule has 5 heteroatoms. The van der Waals surface area contributed by atoms with Crippen molar-refractivity contribution in [3.05, 3.63) is 29.8 Å². The van der Waals surface area contributed by atoms with E-state index in [0.717, 1.165) is 44.5 Å². The second-order valence-corrected chi connectivity index (χ2v) is 6.18. The van der Waals surface area contributed by atoms with Crippen LogP contribution in [0.2, 0.25) is 0 Å². The number of hydrogen-bond donors (Lipinski definition) is 0. The van der Waals surface area contributed by atoms with Crippen molar-refractivity contribution in [2.45, 2.75) is 65.7 Å². The van der Waals surface area contributed by atoms with Crippen LogP contribution in [0, 0.1) is 0 Å². The third-order valence-electron chi connectivity index (χ3n) is 3.91. The molecule has 0 fully saturated rings. The predicted octanol–water partition coefficient (Wildman–Crippen LogP) is 5.47. The van der Waals surface area contributed by atoms with Gasteiger partial charge in [0.1, 0.15) is 0 Å². The summed E-state index contributed by atoms with van der Waals surface area (Å²) in [7, 11) is 0. The van der Waals surface area contributed by atoms with Crippen LogP contribution < -0.4 is 0 Å². The van der Waals surface area contributed by atoms with Gasteiger partial charge in [-0.05, 0) is 50.3 Å². The first-order valence-electron chi connectivity index (χ1n) is 9.60. The zero-order valence-corrected chi connectivity index (χ0v) is 16.0. The third kappa shape index (κ3) is 9.85. The van der Waals surface area contributed by atoms with E-state index in [1.165, 1.54) is 18.4 Å². The molecule has 0 spiro atoms. The number of hydrogen-bond acceptors (Lipinski definition) is 4. The second kappa shape index (κ2) is 13.4. The van der Waals surface area contributed by atoms with Crippen molar-refractivity contribution in [1.82, 2.24) is 5.01 Å². The van der Waals surface area contributed by atoms with Gasteiger partial charge in [0.15, 0.2) is 0 Å². The highest BCUT2D eigenvalue weighted by molar-refractivity contribution is 5.69. The lowest BCUT2D eigenvalue weighted by atomic mass is 10.1. The van der Waals surface area contributed by atoms with Gasteiger partial charge in [0, 0.05) is 19.5 Å². The topological polar surface area (TPSA) is 54.3 Å². The summed E-state index contributed by atoms with van der Waals surface area (Å²) in [5, 5.41) is 10.8. The first-order valence-corrected chi connectivity index (χ1v) is 9.60. The largest absolute Gasteiger partial charge is 0.466 e. The van der Waals surface area contributed by atoms with Crippen LogP contribution in [0.4, 0.5) is 5.69 Å². The van der Waals surface area contributed by atoms with Gasteiger partial charge in [-0.2, -0.15) is 0 Å². The number of benzene rings is 1. The van der Waals surface area contributed by atoms with Crippen LogP contribution >= 0.6 is 0 Å². The van der Waals surface area contributed by atoms with Gasteiger partial charge < -0.3 is 4.74 Å². The van der Waals surface area contributed by atoms with Crippen molar-refractivity contribution < 1.29 is 9.53 Å². The molecule has 0 saturated heterocycles. The summed E-state index contributed by atoms with van der Waals surface area (Å²) in [6.45, 7) is 8.59. The summed E-state index contributed by atoms with van der Waals surface area (Å²) in [6.07, 6.45) is 6.76. The summed E-state index contributed by atoms with van der Waals surface area (Å²) in [5.41, 5.74) is 2.07. The van der Waals surface area contributed by atoms with E-state index in [-0.39, 0.29) is 5.97 Å². The van der Waals surface area contributed by atoms with Gasteiger partial charge in [-0.1, -0.05) is 44.0 Å². The van der Waals surface area contributed by atoms with Gasteiger partial charge in [-0.3, -0.25) is 9.80 Å². The summed E-state index contributed by atoms with van der Waals surface area (Å²) in [6, 6.07) is 8.09. The molecule has 5 nitrogen and oxygen atoms in total. The van der Waals surface area contributed by atoms with Gasteiger partial charge in [-0.25, -0.2) is 0 Å². The molecule has 0 saturated carbocycles. The van der Waals surface area contributed by atoms with Crippen LogP contribution in [0.25, 0.3) is 0 Å². The number of ether oxygens (including phenoxy) is 1. The smallest absolute Gasteiger partial charge is 0.305 e. The molecule has 0 unspecified atom stereocenters. The average Bonchev–Trinajstić information content (AvgIpc) is 2.62. The van der Waals surface area contributed by atoms with E-state index >= 15 is 0 Å². The lowest BCUT2D eigenvalue weighted by Gasteiger charge is -2.16. The Balaban J connectivity index is 2.46. The summed E-state index contributed by atoms with van der Waals surface area (Å²) >= 11 is 0. The summed E-state index contributed by atoms with van der Waals surface area (Å²) in [5.74, 6) is -0.118. The van der Waals surface area contributed by atoms with Gasteiger partial charge >= 0.3 is 5.97 Å². The number of carbonyl (C=O) groups is 1. The quantitative estimate of drug-likeness (QED) is 0.270. The molecule has 0 radical (unpaired) electrons. The number of esters is 1. The molecule has 0 atom stereocenters. The molecule has 1 rings (SSSR count). The highest BCUT2D eigenvalue weighted by Crippen LogP contribution is 2.16. The minimum Gasteiger partial charge on any atom is -0.466 e. The normalized spacial score (nSPS) is 11.0. The minimum atomic E-state index is -0.118. The Labute approximate surface area is 152 Å². The molecule has 1 aromatic carbocycles. The fourth-order valence-corrected chi connectivity index (χ4v) is 2.40. The fraction of sp³-hybridized carbons (Fsp3) is 0.650. The second-order valence-electron chi connectivity index (χ2n) is 6.18. The van der Waals surface area contributed by atoms with Crippen LogP contribution in [-0.2, 0) is 16.0 Å². The lowest BCUT2D eigenvalue weighted by Crippen LogP contribution is -2.19. The number of nitrogens with zero attached hydrogens (tertiary/aromatic N) is 3. The zero-order valence-electron chi connectivity index (χ0n) is 16.0. The molecule has 0 N–H and O–H groups in total. The maximum atomic E-state index is 11.3. The summed E-state index contributed by atoms with van der Waals surface area (Å²) < 4.78 is 4.94. The van der Waals surface area contributed by atoms with Crippen molar-refractivity contribution >= 4 is 11.7 Å². The highest BCUT2D eigenvalue weighted by atomic mass is 16.5. The molecule has 1 aromatic rings. The molecule has 140 valence electrons. The predicted molar refractivity (Wildman–Crippen MR) is 102 cm³/mol. The number of rotatable bonds is 13. The Morgan fingerprint density at radius 1 is 1.00 bits per heavy atom. The highest BCUT2D eigenvalue weighted by Gasteiger charge is 2.03. The molecule has 0 aliphatic heterocycles. The van der Waals surface area contributed by atoms with Gasteiger partial charge in [-0.15, -0.1) is 5.11 Å². The lowest BCUT2D eigenvalue weighted by molar-refractivity contribution is -0.143. The van der Waals surface area contributed by atoms with E-state index in [1.807, 2.05) is 19.1 Å². The molecule has 0 amide bonds. The van der Waals surface area contributed by atoms with E-state index in [4.69, 9.17) is 4.74 Å². The molecule has 0 heterocycles. The van der Waals surface area contributed by atoms with Crippen LogP contribution in [0.3, 0.4) is 0 Å². The molecule has 0 bridgehead atoms. The monoisotopic (exact) mass is 347 g/mol. The molecule has 0 aliphatic carbocycles. The Morgan fingerprint density at radius 3 is 2.20 bits per heavy atom. The average molecular weight is 348 g/mol. The van der Waals surface area contributed by atoms with E-state index in [0.29, 0.717) is 13.0 Å². The van der Waals surface area contributed by atoms with Gasteiger partial charge in [0.2, 0.25) is 0 Å². The van der Waals surface area contributed by atoms with E-state index in [2.05, 4.69) is 41.3 Å². The summed E-state index contributed by atoms with van der Waals surface area (Å²) in [4.78, 5) is 11.3. The minimum absolute atomic E-state index is 0.118. The maximum Gasteiger partial charge on any atom is 0.305 e. The Kier molecular flexibility index (Phi) is 11.3. The van der Waals surface area contributed by atoms with E-state index in [9.17, 15) is 4.79 Å². The SMILES string of the molecule is CCCCN(CCCC)N=Nc1ccc(CCCC(=O)OCC)cc1. The number of unbranched alkanes of at least 4 members (excludes halogenated alkanes) is 2. The van der Waals surface area contributed by atoms with Gasteiger partial charge in [0.25, 0.3) is 0 Å². The van der Waals surface area contributed by atoms with Crippen molar-refractivity contribution in [1.29, 1.82) is 0 Å². The van der Waals surface area contributed by atoms with Crippen molar-refractivity contribution in [3.63, 3.8) is 0 Å². The van der Waals surface area contributed by atoms with Crippen LogP contribution in [0.5, 0.6) is 0 Å². The van der Waals surface area contributed by atoms with Crippen LogP contribution in [0.1, 0.15) is 64.9 Å². The standard InChI is InChI=1S/C20H33N3O2/c1-4-7-16-23(17-8-5-2)22-21-19-14-12-18(13-15-19)10-9-11-20(24)25-6-3/h12-15H,4-11,16-17H2,1-3H3. The zero-order chi connectivity index (χ0) is 18.3. The van der Waals surface area contributed by atoms with Crippen molar-refractivity contribution in [2.75, 3.05) is 19.7 Å². The van der Waals surface area contributed by atoms with Crippen molar-refractivity contribution in [3.8, 4) is 0 Å². The Morgan fingerprint density at radius 2 is 1.64 bits per heavy atom. The van der Waals surface area contributed by atoms with Crippen LogP contribution in [0.15, 0.2) is 34.6 Å². The van der Waals surface area contributed by atoms with E-state index < -0.39 is 0 Å². The first kappa shape index (κ1) is 21.1.